The fraction of sp³-hybridized carbons (Fsp3) is 0.0909. The quantitative estimate of drug-likeness (QED) is 0.454. The summed E-state index contributed by atoms with van der Waals surface area (Å²) in [7, 11) is 0. The molecule has 1 aromatic heterocycles. The fourth-order valence-corrected chi connectivity index (χ4v) is 3.47. The Bertz CT molecular complexity index is 1200. The summed E-state index contributed by atoms with van der Waals surface area (Å²) in [5, 5.41) is 10.5. The standard InChI is InChI=1S/C22H13F4NO4/c23-15-8-2-1-7-14(15)18-17(19(28)16-9-4-10-31-16)20(29)21(30)27(18)13-6-3-5-12(11-13)22(24,25)26/h1-11,18,29H. The van der Waals surface area contributed by atoms with Crippen molar-refractivity contribution >= 4 is 17.4 Å². The van der Waals surface area contributed by atoms with E-state index < -0.39 is 46.6 Å². The summed E-state index contributed by atoms with van der Waals surface area (Å²) < 4.78 is 59.4. The van der Waals surface area contributed by atoms with E-state index in [1.165, 1.54) is 42.7 Å². The number of halogens is 4. The summed E-state index contributed by atoms with van der Waals surface area (Å²) in [6, 6.07) is 10.2. The molecule has 0 fully saturated rings. The molecule has 9 heteroatoms. The molecule has 1 aliphatic heterocycles. The molecule has 4 rings (SSSR count). The maximum atomic E-state index is 14.7. The number of nitrogens with zero attached hydrogens (tertiary/aromatic N) is 1. The first-order valence-electron chi connectivity index (χ1n) is 8.96. The third-order valence-electron chi connectivity index (χ3n) is 4.85. The number of benzene rings is 2. The Kier molecular flexibility index (Phi) is 4.88. The minimum absolute atomic E-state index is 0.174. The van der Waals surface area contributed by atoms with Gasteiger partial charge in [-0.3, -0.25) is 14.5 Å². The van der Waals surface area contributed by atoms with Gasteiger partial charge in [0.05, 0.1) is 23.4 Å². The lowest BCUT2D eigenvalue weighted by atomic mass is 9.94. The van der Waals surface area contributed by atoms with E-state index in [2.05, 4.69) is 0 Å². The van der Waals surface area contributed by atoms with Crippen LogP contribution in [0.1, 0.15) is 27.7 Å². The summed E-state index contributed by atoms with van der Waals surface area (Å²) in [5.74, 6) is -4.05. The number of furan rings is 1. The predicted molar refractivity (Wildman–Crippen MR) is 101 cm³/mol. The van der Waals surface area contributed by atoms with Gasteiger partial charge in [-0.05, 0) is 36.4 Å². The van der Waals surface area contributed by atoms with Crippen molar-refractivity contribution in [3.63, 3.8) is 0 Å². The van der Waals surface area contributed by atoms with Gasteiger partial charge < -0.3 is 9.52 Å². The Labute approximate surface area is 172 Å². The lowest BCUT2D eigenvalue weighted by Crippen LogP contribution is -2.31. The average Bonchev–Trinajstić information content (AvgIpc) is 3.35. The number of carbonyl (C=O) groups excluding carboxylic acids is 2. The molecule has 0 aliphatic carbocycles. The van der Waals surface area contributed by atoms with Crippen LogP contribution < -0.4 is 4.90 Å². The number of rotatable bonds is 4. The topological polar surface area (TPSA) is 70.8 Å². The van der Waals surface area contributed by atoms with E-state index in [1.54, 1.807) is 0 Å². The zero-order valence-electron chi connectivity index (χ0n) is 15.6. The van der Waals surface area contributed by atoms with Crippen LogP contribution in [0.2, 0.25) is 0 Å². The fourth-order valence-electron chi connectivity index (χ4n) is 3.47. The molecule has 0 saturated heterocycles. The minimum atomic E-state index is -4.70. The van der Waals surface area contributed by atoms with Gasteiger partial charge in [0.2, 0.25) is 5.78 Å². The maximum Gasteiger partial charge on any atom is 0.416 e. The largest absolute Gasteiger partial charge is 0.503 e. The van der Waals surface area contributed by atoms with Gasteiger partial charge in [0.1, 0.15) is 5.82 Å². The smallest absolute Gasteiger partial charge is 0.416 e. The third-order valence-corrected chi connectivity index (χ3v) is 4.85. The predicted octanol–water partition coefficient (Wildman–Crippen LogP) is 5.22. The van der Waals surface area contributed by atoms with Crippen LogP contribution in [0, 0.1) is 5.82 Å². The van der Waals surface area contributed by atoms with E-state index in [0.29, 0.717) is 6.07 Å². The van der Waals surface area contributed by atoms with Gasteiger partial charge in [0.25, 0.3) is 5.91 Å². The number of aliphatic hydroxyl groups excluding tert-OH is 1. The van der Waals surface area contributed by atoms with Crippen LogP contribution in [0.4, 0.5) is 23.2 Å². The molecule has 158 valence electrons. The van der Waals surface area contributed by atoms with E-state index in [1.807, 2.05) is 0 Å². The first-order chi connectivity index (χ1) is 14.7. The van der Waals surface area contributed by atoms with E-state index in [9.17, 15) is 32.3 Å². The number of amides is 1. The van der Waals surface area contributed by atoms with Crippen LogP contribution in [0.5, 0.6) is 0 Å². The summed E-state index contributed by atoms with van der Waals surface area (Å²) in [5.41, 5.74) is -1.98. The normalized spacial score (nSPS) is 16.8. The molecule has 0 saturated carbocycles. The van der Waals surface area contributed by atoms with Crippen molar-refractivity contribution in [3.05, 3.63) is 101 Å². The average molecular weight is 431 g/mol. The van der Waals surface area contributed by atoms with Crippen LogP contribution in [-0.4, -0.2) is 16.8 Å². The molecule has 0 radical (unpaired) electrons. The van der Waals surface area contributed by atoms with Gasteiger partial charge in [-0.25, -0.2) is 4.39 Å². The van der Waals surface area contributed by atoms with Gasteiger partial charge in [-0.15, -0.1) is 0 Å². The van der Waals surface area contributed by atoms with Crippen molar-refractivity contribution in [2.75, 3.05) is 4.90 Å². The maximum absolute atomic E-state index is 14.7. The number of aliphatic hydroxyl groups is 1. The van der Waals surface area contributed by atoms with E-state index >= 15 is 0 Å². The van der Waals surface area contributed by atoms with Gasteiger partial charge in [0, 0.05) is 11.3 Å². The first kappa shape index (κ1) is 20.4. The number of Topliss-reactive ketones (excluding diaryl/α,β-unsaturated/α-hetero) is 1. The van der Waals surface area contributed by atoms with Crippen molar-refractivity contribution in [3.8, 4) is 0 Å². The lowest BCUT2D eigenvalue weighted by Gasteiger charge is -2.27. The molecule has 3 aromatic rings. The van der Waals surface area contributed by atoms with Gasteiger partial charge in [-0.1, -0.05) is 24.3 Å². The zero-order chi connectivity index (χ0) is 22.3. The molecular formula is C22H13F4NO4. The Balaban J connectivity index is 1.91. The van der Waals surface area contributed by atoms with E-state index in [-0.39, 0.29) is 17.0 Å². The van der Waals surface area contributed by atoms with Crippen LogP contribution in [0.3, 0.4) is 0 Å². The van der Waals surface area contributed by atoms with Gasteiger partial charge >= 0.3 is 6.18 Å². The van der Waals surface area contributed by atoms with Crippen molar-refractivity contribution in [1.29, 1.82) is 0 Å². The highest BCUT2D eigenvalue weighted by molar-refractivity contribution is 6.20. The van der Waals surface area contributed by atoms with Crippen molar-refractivity contribution in [2.24, 2.45) is 0 Å². The van der Waals surface area contributed by atoms with Gasteiger partial charge in [0.15, 0.2) is 11.5 Å². The summed E-state index contributed by atoms with van der Waals surface area (Å²) >= 11 is 0. The number of ketones is 1. The SMILES string of the molecule is O=C(C1=C(O)C(=O)N(c2cccc(C(F)(F)F)c2)C1c1ccccc1F)c1ccco1. The highest BCUT2D eigenvalue weighted by Crippen LogP contribution is 2.43. The molecule has 0 bridgehead atoms. The second kappa shape index (κ2) is 7.42. The molecule has 1 amide bonds. The Hall–Kier alpha value is -3.88. The molecule has 1 aliphatic rings. The van der Waals surface area contributed by atoms with Crippen LogP contribution in [0.25, 0.3) is 0 Å². The molecule has 0 spiro atoms. The number of carbonyl (C=O) groups is 2. The third kappa shape index (κ3) is 3.48. The van der Waals surface area contributed by atoms with E-state index in [4.69, 9.17) is 4.42 Å². The van der Waals surface area contributed by atoms with Crippen molar-refractivity contribution < 1.29 is 36.7 Å². The molecule has 2 heterocycles. The highest BCUT2D eigenvalue weighted by atomic mass is 19.4. The monoisotopic (exact) mass is 431 g/mol. The summed E-state index contributed by atoms with van der Waals surface area (Å²) in [6.07, 6.45) is -3.50. The number of anilines is 1. The van der Waals surface area contributed by atoms with Crippen LogP contribution in [0.15, 0.2) is 82.7 Å². The minimum Gasteiger partial charge on any atom is -0.503 e. The molecule has 31 heavy (non-hydrogen) atoms. The van der Waals surface area contributed by atoms with Crippen LogP contribution >= 0.6 is 0 Å². The molecule has 5 nitrogen and oxygen atoms in total. The van der Waals surface area contributed by atoms with Crippen molar-refractivity contribution in [1.82, 2.24) is 0 Å². The summed E-state index contributed by atoms with van der Waals surface area (Å²) in [6.45, 7) is 0. The second-order valence-electron chi connectivity index (χ2n) is 6.72. The number of hydrogen-bond donors (Lipinski definition) is 1. The molecule has 1 atom stereocenters. The Morgan fingerprint density at radius 3 is 2.42 bits per heavy atom. The molecule has 2 aromatic carbocycles. The van der Waals surface area contributed by atoms with Crippen LogP contribution in [-0.2, 0) is 11.0 Å². The Morgan fingerprint density at radius 2 is 1.77 bits per heavy atom. The highest BCUT2D eigenvalue weighted by Gasteiger charge is 2.46. The molecule has 1 unspecified atom stereocenters. The Morgan fingerprint density at radius 1 is 1.03 bits per heavy atom. The van der Waals surface area contributed by atoms with Crippen molar-refractivity contribution in [2.45, 2.75) is 12.2 Å². The molecule has 1 N–H and O–H groups in total. The zero-order valence-corrected chi connectivity index (χ0v) is 15.6. The number of hydrogen-bond acceptors (Lipinski definition) is 4. The lowest BCUT2D eigenvalue weighted by molar-refractivity contribution is -0.137. The van der Waals surface area contributed by atoms with E-state index in [0.717, 1.165) is 23.1 Å². The second-order valence-corrected chi connectivity index (χ2v) is 6.72. The molecular weight excluding hydrogens is 418 g/mol. The van der Waals surface area contributed by atoms with Gasteiger partial charge in [-0.2, -0.15) is 13.2 Å². The number of alkyl halides is 3. The summed E-state index contributed by atoms with van der Waals surface area (Å²) in [4.78, 5) is 26.6. The first-order valence-corrected chi connectivity index (χ1v) is 8.96.